The van der Waals surface area contributed by atoms with Crippen LogP contribution in [-0.4, -0.2) is 40.6 Å². The van der Waals surface area contributed by atoms with E-state index in [-0.39, 0.29) is 18.4 Å². The zero-order valence-corrected chi connectivity index (χ0v) is 15.9. The number of para-hydroxylation sites is 4. The molecule has 144 valence electrons. The van der Waals surface area contributed by atoms with Gasteiger partial charge in [-0.2, -0.15) is 0 Å². The number of anilines is 1. The predicted octanol–water partition coefficient (Wildman–Crippen LogP) is 2.28. The summed E-state index contributed by atoms with van der Waals surface area (Å²) >= 11 is 0. The molecular formula is C21H22N4O3. The maximum Gasteiger partial charge on any atom is 0.268 e. The van der Waals surface area contributed by atoms with Gasteiger partial charge in [0.25, 0.3) is 5.91 Å². The van der Waals surface area contributed by atoms with Gasteiger partial charge in [0.1, 0.15) is 18.1 Å². The molecule has 2 aromatic carbocycles. The lowest BCUT2D eigenvalue weighted by molar-refractivity contribution is -0.128. The normalized spacial score (nSPS) is 16.0. The van der Waals surface area contributed by atoms with E-state index in [1.807, 2.05) is 43.3 Å². The van der Waals surface area contributed by atoms with Gasteiger partial charge in [-0.15, -0.1) is 0 Å². The fraction of sp³-hybridized carbons (Fsp3) is 0.286. The highest BCUT2D eigenvalue weighted by Gasteiger charge is 2.32. The average molecular weight is 378 g/mol. The van der Waals surface area contributed by atoms with Crippen LogP contribution in [0.2, 0.25) is 0 Å². The number of fused-ring (bicyclic) bond motifs is 2. The van der Waals surface area contributed by atoms with Crippen LogP contribution in [0.25, 0.3) is 11.0 Å². The van der Waals surface area contributed by atoms with E-state index in [1.165, 1.54) is 4.90 Å². The molecule has 1 N–H and O–H groups in total. The number of benzene rings is 2. The summed E-state index contributed by atoms with van der Waals surface area (Å²) in [6.07, 6.45) is -0.609. The minimum Gasteiger partial charge on any atom is -0.479 e. The van der Waals surface area contributed by atoms with Gasteiger partial charge in [-0.1, -0.05) is 24.3 Å². The van der Waals surface area contributed by atoms with Crippen molar-refractivity contribution in [1.82, 2.24) is 14.9 Å². The molecule has 0 aliphatic carbocycles. The number of aromatic nitrogens is 2. The van der Waals surface area contributed by atoms with Gasteiger partial charge < -0.3 is 14.6 Å². The summed E-state index contributed by atoms with van der Waals surface area (Å²) in [6, 6.07) is 15.2. The highest BCUT2D eigenvalue weighted by atomic mass is 16.5. The van der Waals surface area contributed by atoms with Crippen molar-refractivity contribution in [3.8, 4) is 5.75 Å². The number of hydrogen-bond acceptors (Lipinski definition) is 4. The Labute approximate surface area is 162 Å². The molecule has 4 rings (SSSR count). The molecule has 2 heterocycles. The quantitative estimate of drug-likeness (QED) is 0.739. The fourth-order valence-electron chi connectivity index (χ4n) is 3.51. The number of nitrogens with one attached hydrogen (secondary N) is 1. The zero-order valence-electron chi connectivity index (χ0n) is 15.9. The van der Waals surface area contributed by atoms with Gasteiger partial charge in [-0.05, 0) is 38.1 Å². The monoisotopic (exact) mass is 378 g/mol. The van der Waals surface area contributed by atoms with Crippen LogP contribution < -0.4 is 15.0 Å². The molecule has 3 aromatic rings. The minimum atomic E-state index is -0.609. The lowest BCUT2D eigenvalue weighted by Crippen LogP contribution is -2.49. The van der Waals surface area contributed by atoms with Gasteiger partial charge in [-0.25, -0.2) is 4.98 Å². The Balaban J connectivity index is 1.41. The molecule has 0 saturated carbocycles. The third kappa shape index (κ3) is 3.31. The Bertz CT molecular complexity index is 1040. The third-order valence-electron chi connectivity index (χ3n) is 4.88. The maximum absolute atomic E-state index is 12.5. The molecule has 7 heteroatoms. The largest absolute Gasteiger partial charge is 0.479 e. The van der Waals surface area contributed by atoms with E-state index in [1.54, 1.807) is 19.1 Å². The summed E-state index contributed by atoms with van der Waals surface area (Å²) < 4.78 is 7.68. The summed E-state index contributed by atoms with van der Waals surface area (Å²) in [7, 11) is 0. The van der Waals surface area contributed by atoms with Gasteiger partial charge >= 0.3 is 0 Å². The van der Waals surface area contributed by atoms with Crippen LogP contribution >= 0.6 is 0 Å². The highest BCUT2D eigenvalue weighted by molar-refractivity contribution is 6.03. The first kappa shape index (κ1) is 18.0. The molecule has 7 nitrogen and oxygen atoms in total. The van der Waals surface area contributed by atoms with E-state index in [2.05, 4.69) is 14.9 Å². The second kappa shape index (κ2) is 7.34. The van der Waals surface area contributed by atoms with E-state index in [4.69, 9.17) is 4.74 Å². The summed E-state index contributed by atoms with van der Waals surface area (Å²) in [5.74, 6) is 1.09. The van der Waals surface area contributed by atoms with Gasteiger partial charge in [0.15, 0.2) is 6.10 Å². The first-order chi connectivity index (χ1) is 13.5. The van der Waals surface area contributed by atoms with E-state index in [0.29, 0.717) is 24.5 Å². The van der Waals surface area contributed by atoms with Crippen LogP contribution in [0.3, 0.4) is 0 Å². The van der Waals surface area contributed by atoms with Crippen LogP contribution in [-0.2, 0) is 16.1 Å². The van der Waals surface area contributed by atoms with Crippen LogP contribution in [0, 0.1) is 6.92 Å². The molecule has 2 amide bonds. The second-order valence-corrected chi connectivity index (χ2v) is 6.80. The Morgan fingerprint density at radius 2 is 1.93 bits per heavy atom. The van der Waals surface area contributed by atoms with Crippen molar-refractivity contribution in [3.05, 3.63) is 54.4 Å². The summed E-state index contributed by atoms with van der Waals surface area (Å²) in [5, 5.41) is 2.90. The number of aryl methyl sites for hydroxylation is 1. The number of imidazole rings is 1. The summed E-state index contributed by atoms with van der Waals surface area (Å²) in [5.41, 5.74) is 2.60. The fourth-order valence-corrected chi connectivity index (χ4v) is 3.51. The van der Waals surface area contributed by atoms with Crippen molar-refractivity contribution < 1.29 is 14.3 Å². The minimum absolute atomic E-state index is 0.0345. The molecule has 0 radical (unpaired) electrons. The number of carbonyl (C=O) groups excluding carboxylic acids is 2. The molecule has 1 aliphatic heterocycles. The van der Waals surface area contributed by atoms with Gasteiger partial charge in [0.05, 0.1) is 16.7 Å². The summed E-state index contributed by atoms with van der Waals surface area (Å²) in [4.78, 5) is 31.0. The molecule has 28 heavy (non-hydrogen) atoms. The molecule has 1 unspecified atom stereocenters. The Morgan fingerprint density at radius 1 is 1.18 bits per heavy atom. The SMILES string of the molecule is Cc1nc2ccccc2n1CCNC(=O)CN1C(=O)C(C)Oc2ccccc21. The zero-order chi connectivity index (χ0) is 19.7. The van der Waals surface area contributed by atoms with Crippen LogP contribution in [0.1, 0.15) is 12.7 Å². The second-order valence-electron chi connectivity index (χ2n) is 6.80. The smallest absolute Gasteiger partial charge is 0.268 e. The van der Waals surface area contributed by atoms with Crippen molar-refractivity contribution in [1.29, 1.82) is 0 Å². The topological polar surface area (TPSA) is 76.5 Å². The first-order valence-corrected chi connectivity index (χ1v) is 9.30. The average Bonchev–Trinajstić information content (AvgIpc) is 3.01. The number of carbonyl (C=O) groups is 2. The van der Waals surface area contributed by atoms with Crippen LogP contribution in [0.15, 0.2) is 48.5 Å². The molecule has 1 atom stereocenters. The van der Waals surface area contributed by atoms with Crippen molar-refractivity contribution in [2.24, 2.45) is 0 Å². The molecule has 0 fully saturated rings. The maximum atomic E-state index is 12.5. The van der Waals surface area contributed by atoms with Crippen molar-refractivity contribution in [2.75, 3.05) is 18.0 Å². The number of rotatable bonds is 5. The molecule has 0 bridgehead atoms. The molecule has 1 aromatic heterocycles. The molecule has 1 aliphatic rings. The third-order valence-corrected chi connectivity index (χ3v) is 4.88. The first-order valence-electron chi connectivity index (χ1n) is 9.30. The molecule has 0 saturated heterocycles. The standard InChI is InChI=1S/C21H22N4O3/c1-14-21(27)25(18-9-5-6-10-19(18)28-14)13-20(26)22-11-12-24-15(2)23-16-7-3-4-8-17(16)24/h3-10,14H,11-13H2,1-2H3,(H,22,26). The van der Waals surface area contributed by atoms with Crippen LogP contribution in [0.4, 0.5) is 5.69 Å². The Kier molecular flexibility index (Phi) is 4.73. The van der Waals surface area contributed by atoms with E-state index >= 15 is 0 Å². The lowest BCUT2D eigenvalue weighted by Gasteiger charge is -2.32. The number of hydrogen-bond donors (Lipinski definition) is 1. The molecular weight excluding hydrogens is 356 g/mol. The van der Waals surface area contributed by atoms with E-state index in [9.17, 15) is 9.59 Å². The summed E-state index contributed by atoms with van der Waals surface area (Å²) in [6.45, 7) is 4.67. The van der Waals surface area contributed by atoms with E-state index in [0.717, 1.165) is 16.9 Å². The van der Waals surface area contributed by atoms with Crippen molar-refractivity contribution in [2.45, 2.75) is 26.5 Å². The number of ether oxygens (including phenoxy) is 1. The van der Waals surface area contributed by atoms with Crippen LogP contribution in [0.5, 0.6) is 5.75 Å². The van der Waals surface area contributed by atoms with E-state index < -0.39 is 6.10 Å². The predicted molar refractivity (Wildman–Crippen MR) is 106 cm³/mol. The Hall–Kier alpha value is -3.35. The lowest BCUT2D eigenvalue weighted by atomic mass is 10.2. The number of nitrogens with zero attached hydrogens (tertiary/aromatic N) is 3. The number of amides is 2. The van der Waals surface area contributed by atoms with Gasteiger partial charge in [0.2, 0.25) is 5.91 Å². The highest BCUT2D eigenvalue weighted by Crippen LogP contribution is 2.33. The van der Waals surface area contributed by atoms with Gasteiger partial charge in [0, 0.05) is 13.1 Å². The van der Waals surface area contributed by atoms with Gasteiger partial charge in [-0.3, -0.25) is 14.5 Å². The van der Waals surface area contributed by atoms with Crippen molar-refractivity contribution >= 4 is 28.5 Å². The molecule has 0 spiro atoms. The van der Waals surface area contributed by atoms with Crippen molar-refractivity contribution in [3.63, 3.8) is 0 Å². The Morgan fingerprint density at radius 3 is 2.79 bits per heavy atom.